The van der Waals surface area contributed by atoms with Gasteiger partial charge in [0.15, 0.2) is 0 Å². The van der Waals surface area contributed by atoms with Crippen LogP contribution in [0.2, 0.25) is 0 Å². The van der Waals surface area contributed by atoms with Gasteiger partial charge in [-0.05, 0) is 30.2 Å². The first-order chi connectivity index (χ1) is 14.1. The molecule has 1 amide bonds. The Kier molecular flexibility index (Phi) is 6.81. The van der Waals surface area contributed by atoms with Crippen molar-refractivity contribution in [2.45, 2.75) is 13.5 Å². The highest BCUT2D eigenvalue weighted by molar-refractivity contribution is 5.96. The van der Waals surface area contributed by atoms with Crippen LogP contribution in [0, 0.1) is 27.2 Å². The molecule has 0 radical (unpaired) electrons. The average molecular weight is 415 g/mol. The van der Waals surface area contributed by atoms with Crippen LogP contribution in [0.25, 0.3) is 6.08 Å². The molecular weight excluding hydrogens is 398 g/mol. The largest absolute Gasteiger partial charge is 0.465 e. The molecule has 0 heterocycles. The molecule has 0 unspecified atom stereocenters. The van der Waals surface area contributed by atoms with Gasteiger partial charge in [-0.1, -0.05) is 30.3 Å². The normalized spacial score (nSPS) is 10.9. The minimum absolute atomic E-state index is 0.0189. The summed E-state index contributed by atoms with van der Waals surface area (Å²) in [4.78, 5) is 45.5. The van der Waals surface area contributed by atoms with Crippen molar-refractivity contribution in [1.29, 1.82) is 0 Å². The summed E-state index contributed by atoms with van der Waals surface area (Å²) >= 11 is 0. The van der Waals surface area contributed by atoms with Crippen LogP contribution >= 0.6 is 0 Å². The van der Waals surface area contributed by atoms with Crippen LogP contribution in [-0.4, -0.2) is 39.0 Å². The molecule has 0 atom stereocenters. The number of nitro groups is 2. The summed E-state index contributed by atoms with van der Waals surface area (Å²) < 4.78 is 4.67. The average Bonchev–Trinajstić information content (AvgIpc) is 2.69. The number of hydrogen-bond donors (Lipinski definition) is 1. The van der Waals surface area contributed by atoms with Gasteiger partial charge in [-0.25, -0.2) is 9.59 Å². The Morgan fingerprint density at radius 3 is 2.27 bits per heavy atom. The molecule has 2 rings (SSSR count). The molecule has 0 aliphatic rings. The summed E-state index contributed by atoms with van der Waals surface area (Å²) in [5.74, 6) is -0.994. The molecule has 11 nitrogen and oxygen atoms in total. The number of rotatable bonds is 7. The maximum Gasteiger partial charge on any atom is 0.412 e. The fraction of sp³-hybridized carbons (Fsp3) is 0.158. The molecule has 2 aromatic carbocycles. The number of carbonyl (C=O) groups is 2. The van der Waals surface area contributed by atoms with Gasteiger partial charge < -0.3 is 9.84 Å². The van der Waals surface area contributed by atoms with Gasteiger partial charge in [-0.3, -0.25) is 25.1 Å². The molecule has 0 saturated heterocycles. The number of ether oxygens (including phenoxy) is 1. The number of nitro benzene ring substituents is 2. The van der Waals surface area contributed by atoms with E-state index in [1.54, 1.807) is 30.3 Å². The Labute approximate surface area is 170 Å². The van der Waals surface area contributed by atoms with Crippen molar-refractivity contribution in [3.05, 3.63) is 85.1 Å². The van der Waals surface area contributed by atoms with Gasteiger partial charge in [-0.15, -0.1) is 0 Å². The molecule has 0 aromatic heterocycles. The monoisotopic (exact) mass is 415 g/mol. The van der Waals surface area contributed by atoms with Crippen LogP contribution in [0.15, 0.2) is 48.2 Å². The third kappa shape index (κ3) is 4.95. The zero-order chi connectivity index (χ0) is 22.4. The Balaban J connectivity index is 2.63. The summed E-state index contributed by atoms with van der Waals surface area (Å²) in [6.07, 6.45) is -0.379. The molecule has 0 bridgehead atoms. The molecule has 0 spiro atoms. The van der Waals surface area contributed by atoms with Crippen molar-refractivity contribution in [2.75, 3.05) is 7.11 Å². The van der Waals surface area contributed by atoms with Crippen molar-refractivity contribution in [1.82, 2.24) is 4.90 Å². The summed E-state index contributed by atoms with van der Waals surface area (Å²) in [6.45, 7) is 1.12. The number of esters is 1. The van der Waals surface area contributed by atoms with E-state index >= 15 is 0 Å². The fourth-order valence-corrected chi connectivity index (χ4v) is 2.78. The number of hydrogen-bond acceptors (Lipinski definition) is 7. The van der Waals surface area contributed by atoms with Gasteiger partial charge in [-0.2, -0.15) is 0 Å². The van der Waals surface area contributed by atoms with E-state index in [-0.39, 0.29) is 17.7 Å². The standard InChI is InChI=1S/C19H17N3O8/c1-12-8-14(9-15(21(26)27)17(12)22(28)29)10-16(18(23)30-2)20(19(24)25)11-13-6-4-3-5-7-13/h3-10H,11H2,1-2H3,(H,24,25). The molecule has 0 saturated carbocycles. The molecule has 0 aliphatic carbocycles. The van der Waals surface area contributed by atoms with Crippen LogP contribution in [0.3, 0.4) is 0 Å². The van der Waals surface area contributed by atoms with Crippen molar-refractivity contribution in [2.24, 2.45) is 0 Å². The van der Waals surface area contributed by atoms with E-state index < -0.39 is 39.0 Å². The number of carboxylic acid groups (broad SMARTS) is 1. The molecule has 30 heavy (non-hydrogen) atoms. The number of benzene rings is 2. The van der Waals surface area contributed by atoms with Crippen LogP contribution in [0.1, 0.15) is 16.7 Å². The summed E-state index contributed by atoms with van der Waals surface area (Å²) in [6, 6.07) is 10.6. The van der Waals surface area contributed by atoms with E-state index in [0.29, 0.717) is 5.56 Å². The first-order valence-electron chi connectivity index (χ1n) is 8.43. The van der Waals surface area contributed by atoms with Crippen molar-refractivity contribution in [3.8, 4) is 0 Å². The highest BCUT2D eigenvalue weighted by Gasteiger charge is 2.29. The van der Waals surface area contributed by atoms with Crippen molar-refractivity contribution < 1.29 is 29.3 Å². The number of carbonyl (C=O) groups excluding carboxylic acids is 1. The number of methoxy groups -OCH3 is 1. The van der Waals surface area contributed by atoms with E-state index in [1.165, 1.54) is 13.0 Å². The highest BCUT2D eigenvalue weighted by Crippen LogP contribution is 2.32. The lowest BCUT2D eigenvalue weighted by molar-refractivity contribution is -0.422. The Hall–Kier alpha value is -4.28. The van der Waals surface area contributed by atoms with Crippen molar-refractivity contribution >= 4 is 29.5 Å². The Bertz CT molecular complexity index is 1030. The SMILES string of the molecule is COC(=O)C(=Cc1cc(C)c([N+](=O)[O-])c([N+](=O)[O-])c1)N(Cc1ccccc1)C(=O)O. The van der Waals surface area contributed by atoms with Gasteiger partial charge in [0.2, 0.25) is 0 Å². The second-order valence-corrected chi connectivity index (χ2v) is 6.10. The molecule has 0 aliphatic heterocycles. The molecule has 156 valence electrons. The van der Waals surface area contributed by atoms with E-state index in [2.05, 4.69) is 4.74 Å². The van der Waals surface area contributed by atoms with Crippen LogP contribution in [0.5, 0.6) is 0 Å². The quantitative estimate of drug-likeness (QED) is 0.312. The lowest BCUT2D eigenvalue weighted by Gasteiger charge is -2.21. The third-order valence-corrected chi connectivity index (χ3v) is 4.09. The van der Waals surface area contributed by atoms with Crippen molar-refractivity contribution in [3.63, 3.8) is 0 Å². The number of aryl methyl sites for hydroxylation is 1. The summed E-state index contributed by atoms with van der Waals surface area (Å²) in [5, 5.41) is 32.1. The van der Waals surface area contributed by atoms with Crippen LogP contribution in [0.4, 0.5) is 16.2 Å². The predicted octanol–water partition coefficient (Wildman–Crippen LogP) is 3.51. The van der Waals surface area contributed by atoms with E-state index in [4.69, 9.17) is 0 Å². The molecule has 2 aromatic rings. The second kappa shape index (κ2) is 9.28. The first-order valence-corrected chi connectivity index (χ1v) is 8.43. The van der Waals surface area contributed by atoms with E-state index in [9.17, 15) is 34.9 Å². The van der Waals surface area contributed by atoms with E-state index in [0.717, 1.165) is 24.2 Å². The van der Waals surface area contributed by atoms with E-state index in [1.807, 2.05) is 0 Å². The number of amides is 1. The summed E-state index contributed by atoms with van der Waals surface area (Å²) in [7, 11) is 1.06. The van der Waals surface area contributed by atoms with Gasteiger partial charge in [0.25, 0.3) is 0 Å². The third-order valence-electron chi connectivity index (χ3n) is 4.09. The topological polar surface area (TPSA) is 153 Å². The van der Waals surface area contributed by atoms with Crippen LogP contribution in [-0.2, 0) is 16.1 Å². The first kappa shape index (κ1) is 22.0. The molecule has 11 heteroatoms. The van der Waals surface area contributed by atoms with Gasteiger partial charge in [0, 0.05) is 11.6 Å². The fourth-order valence-electron chi connectivity index (χ4n) is 2.78. The zero-order valence-electron chi connectivity index (χ0n) is 16.0. The minimum Gasteiger partial charge on any atom is -0.465 e. The Morgan fingerprint density at radius 2 is 1.77 bits per heavy atom. The number of nitrogens with zero attached hydrogens (tertiary/aromatic N) is 3. The van der Waals surface area contributed by atoms with Gasteiger partial charge in [0.1, 0.15) is 5.70 Å². The van der Waals surface area contributed by atoms with Gasteiger partial charge >= 0.3 is 23.4 Å². The zero-order valence-corrected chi connectivity index (χ0v) is 16.0. The predicted molar refractivity (Wildman–Crippen MR) is 104 cm³/mol. The maximum absolute atomic E-state index is 12.3. The highest BCUT2D eigenvalue weighted by atomic mass is 16.6. The van der Waals surface area contributed by atoms with Gasteiger partial charge in [0.05, 0.1) is 23.5 Å². The second-order valence-electron chi connectivity index (χ2n) is 6.10. The maximum atomic E-state index is 12.3. The summed E-state index contributed by atoms with van der Waals surface area (Å²) in [5.41, 5.74) is -1.27. The lowest BCUT2D eigenvalue weighted by Crippen LogP contribution is -2.32. The molecular formula is C19H17N3O8. The molecule has 1 N–H and O–H groups in total. The smallest absolute Gasteiger partial charge is 0.412 e. The minimum atomic E-state index is -1.45. The lowest BCUT2D eigenvalue weighted by atomic mass is 10.1. The molecule has 0 fully saturated rings. The Morgan fingerprint density at radius 1 is 1.13 bits per heavy atom. The van der Waals surface area contributed by atoms with Crippen LogP contribution < -0.4 is 0 Å².